The van der Waals surface area contributed by atoms with Crippen molar-refractivity contribution in [3.05, 3.63) is 99.5 Å². The zero-order valence-electron chi connectivity index (χ0n) is 32.5. The molecule has 3 unspecified atom stereocenters. The van der Waals surface area contributed by atoms with Crippen molar-refractivity contribution in [2.24, 2.45) is 10.8 Å². The van der Waals surface area contributed by atoms with Gasteiger partial charge in [-0.1, -0.05) is 70.2 Å². The number of rotatable bonds is 15. The van der Waals surface area contributed by atoms with Gasteiger partial charge in [-0.3, -0.25) is 29.3 Å². The molecule has 0 spiro atoms. The molecule has 0 saturated carbocycles. The molecule has 6 rings (SSSR count). The van der Waals surface area contributed by atoms with Crippen molar-refractivity contribution in [3.63, 3.8) is 0 Å². The number of amides is 1. The Hall–Kier alpha value is -4.81. The average molecular weight is 740 g/mol. The van der Waals surface area contributed by atoms with Crippen LogP contribution in [0, 0.1) is 10.8 Å². The van der Waals surface area contributed by atoms with E-state index < -0.39 is 28.2 Å². The van der Waals surface area contributed by atoms with Crippen molar-refractivity contribution in [1.29, 1.82) is 0 Å². The highest BCUT2D eigenvalue weighted by Gasteiger charge is 2.44. The number of Topliss-reactive ketones (excluding diaryl/α,β-unsaturated/α-hetero) is 1. The molecule has 2 N–H and O–H groups in total. The Morgan fingerprint density at radius 3 is 2.17 bits per heavy atom. The van der Waals surface area contributed by atoms with E-state index >= 15 is 0 Å². The summed E-state index contributed by atoms with van der Waals surface area (Å²) < 4.78 is 26.7. The zero-order chi connectivity index (χ0) is 38.7. The van der Waals surface area contributed by atoms with Crippen molar-refractivity contribution in [3.8, 4) is 0 Å². The van der Waals surface area contributed by atoms with Crippen molar-refractivity contribution >= 4 is 28.8 Å². The third kappa shape index (κ3) is 7.72. The van der Waals surface area contributed by atoms with Crippen LogP contribution in [0.15, 0.2) is 88.4 Å². The summed E-state index contributed by atoms with van der Waals surface area (Å²) in [4.78, 5) is 50.8. The second kappa shape index (κ2) is 15.9. The number of nitrogens with one attached hydrogen (secondary N) is 2. The van der Waals surface area contributed by atoms with Crippen LogP contribution >= 0.6 is 0 Å². The molecule has 2 aliphatic carbocycles. The lowest BCUT2D eigenvalue weighted by atomic mass is 9.70. The third-order valence-electron chi connectivity index (χ3n) is 11.5. The van der Waals surface area contributed by atoms with Crippen molar-refractivity contribution < 1.29 is 28.5 Å². The van der Waals surface area contributed by atoms with Crippen LogP contribution in [0.2, 0.25) is 0 Å². The minimum absolute atomic E-state index is 0.00522. The molecule has 1 aliphatic heterocycles. The van der Waals surface area contributed by atoms with Crippen LogP contribution in [0.4, 0.5) is 5.95 Å². The summed E-state index contributed by atoms with van der Waals surface area (Å²) >= 11 is 0. The maximum atomic E-state index is 13.6. The molecule has 54 heavy (non-hydrogen) atoms. The fraction of sp³-hybridized carbons (Fsp3) is 0.500. The van der Waals surface area contributed by atoms with Crippen LogP contribution in [0.5, 0.6) is 0 Å². The first-order chi connectivity index (χ1) is 25.8. The van der Waals surface area contributed by atoms with Crippen molar-refractivity contribution in [2.75, 3.05) is 26.1 Å². The average Bonchev–Trinajstić information content (AvgIpc) is 3.83. The smallest absolute Gasteiger partial charge is 0.280 e. The summed E-state index contributed by atoms with van der Waals surface area (Å²) in [5.41, 5.74) is 0.930. The fourth-order valence-corrected chi connectivity index (χ4v) is 7.83. The highest BCUT2D eigenvalue weighted by atomic mass is 16.6. The number of aromatic amines is 1. The quantitative estimate of drug-likeness (QED) is 0.161. The Kier molecular flexibility index (Phi) is 11.4. The predicted octanol–water partition coefficient (Wildman–Crippen LogP) is 7.57. The Balaban J connectivity index is 1.25. The predicted molar refractivity (Wildman–Crippen MR) is 206 cm³/mol. The summed E-state index contributed by atoms with van der Waals surface area (Å²) in [5, 5.41) is 2.82. The van der Waals surface area contributed by atoms with Gasteiger partial charge >= 0.3 is 0 Å². The van der Waals surface area contributed by atoms with Gasteiger partial charge in [0.05, 0.1) is 44.8 Å². The van der Waals surface area contributed by atoms with E-state index in [0.29, 0.717) is 37.9 Å². The van der Waals surface area contributed by atoms with Gasteiger partial charge in [0.25, 0.3) is 5.56 Å². The van der Waals surface area contributed by atoms with Gasteiger partial charge in [0.1, 0.15) is 17.6 Å². The molecule has 12 heteroatoms. The lowest BCUT2D eigenvalue weighted by molar-refractivity contribution is -0.131. The van der Waals surface area contributed by atoms with Gasteiger partial charge < -0.3 is 18.9 Å². The van der Waals surface area contributed by atoms with Crippen LogP contribution in [0.25, 0.3) is 11.2 Å². The standard InChI is InChI=1S/C42H53N5O7/c1-8-41(5,25-40(3,4)27(2)48)38(50)46-39-44-36-35(37(49)45-39)43-26-47(36)34-23-22-33(54-34)24-53-42(28-12-10-9-11-13-28,29-14-18-31(51-6)19-15-29)30-16-20-32(52-7)21-17-30/h9-14,16,18,20,26,33-34H,8,15,17,19,21-25H2,1-7H3,(H2,44,45,46,49,50). The SMILES string of the molecule is CCC(C)(CC(C)(C)C(C)=O)C(=O)Nc1nc2c(ncn2C2CCC(COC(C3=CC=C(OC)CC3)(C3=CC=C(OC)CC3)c3ccccc3)O2)c(=O)[nH]1. The number of carbonyl (C=O) groups is 2. The second-order valence-electron chi connectivity index (χ2n) is 15.4. The molecule has 3 aliphatic rings. The Bertz CT molecular complexity index is 2020. The number of anilines is 1. The number of hydrogen-bond acceptors (Lipinski definition) is 9. The van der Waals surface area contributed by atoms with E-state index in [1.165, 1.54) is 6.92 Å². The van der Waals surface area contributed by atoms with E-state index in [4.69, 9.17) is 18.9 Å². The van der Waals surface area contributed by atoms with Crippen LogP contribution in [-0.4, -0.2) is 58.1 Å². The first kappa shape index (κ1) is 38.9. The van der Waals surface area contributed by atoms with E-state index in [2.05, 4.69) is 44.6 Å². The molecule has 2 aromatic heterocycles. The van der Waals surface area contributed by atoms with E-state index in [1.807, 2.05) is 58.0 Å². The van der Waals surface area contributed by atoms with Crippen LogP contribution < -0.4 is 10.9 Å². The van der Waals surface area contributed by atoms with E-state index in [1.54, 1.807) is 25.1 Å². The molecule has 12 nitrogen and oxygen atoms in total. The van der Waals surface area contributed by atoms with Crippen LogP contribution in [0.1, 0.15) is 97.8 Å². The van der Waals surface area contributed by atoms with Gasteiger partial charge in [0.15, 0.2) is 11.2 Å². The molecule has 0 radical (unpaired) electrons. The van der Waals surface area contributed by atoms with E-state index in [-0.39, 0.29) is 29.3 Å². The molecule has 3 aromatic rings. The number of H-pyrrole nitrogens is 1. The highest BCUT2D eigenvalue weighted by Crippen LogP contribution is 2.48. The number of imidazole rings is 1. The third-order valence-corrected chi connectivity index (χ3v) is 11.5. The number of aromatic nitrogens is 4. The monoisotopic (exact) mass is 739 g/mol. The Labute approximate surface area is 316 Å². The second-order valence-corrected chi connectivity index (χ2v) is 15.4. The van der Waals surface area contributed by atoms with Gasteiger partial charge in [-0.05, 0) is 74.3 Å². The zero-order valence-corrected chi connectivity index (χ0v) is 32.5. The van der Waals surface area contributed by atoms with Crippen molar-refractivity contribution in [1.82, 2.24) is 19.5 Å². The highest BCUT2D eigenvalue weighted by molar-refractivity contribution is 5.95. The molecule has 1 fully saturated rings. The number of allylic oxidation sites excluding steroid dienone is 6. The number of hydrogen-bond donors (Lipinski definition) is 2. The first-order valence-corrected chi connectivity index (χ1v) is 18.9. The fourth-order valence-electron chi connectivity index (χ4n) is 7.83. The lowest BCUT2D eigenvalue weighted by Crippen LogP contribution is -2.39. The Morgan fingerprint density at radius 1 is 0.963 bits per heavy atom. The lowest BCUT2D eigenvalue weighted by Gasteiger charge is -2.41. The van der Waals surface area contributed by atoms with E-state index in [9.17, 15) is 14.4 Å². The molecule has 1 amide bonds. The molecule has 1 aromatic carbocycles. The summed E-state index contributed by atoms with van der Waals surface area (Å²) in [5.74, 6) is 1.56. The van der Waals surface area contributed by atoms with Gasteiger partial charge in [-0.2, -0.15) is 4.98 Å². The number of ketones is 1. The molecule has 0 bridgehead atoms. The molecule has 3 atom stereocenters. The van der Waals surface area contributed by atoms with Crippen molar-refractivity contribution in [2.45, 2.75) is 104 Å². The normalized spacial score (nSPS) is 20.4. The van der Waals surface area contributed by atoms with E-state index in [0.717, 1.165) is 53.9 Å². The van der Waals surface area contributed by atoms with Gasteiger partial charge in [0.2, 0.25) is 11.9 Å². The first-order valence-electron chi connectivity index (χ1n) is 18.9. The summed E-state index contributed by atoms with van der Waals surface area (Å²) in [6, 6.07) is 10.3. The van der Waals surface area contributed by atoms with Gasteiger partial charge in [-0.15, -0.1) is 0 Å². The molecule has 1 saturated heterocycles. The topological polar surface area (TPSA) is 147 Å². The van der Waals surface area contributed by atoms with Gasteiger partial charge in [0, 0.05) is 23.7 Å². The number of carbonyl (C=O) groups excluding carboxylic acids is 2. The minimum atomic E-state index is -0.869. The number of methoxy groups -OCH3 is 2. The van der Waals surface area contributed by atoms with Crippen LogP contribution in [-0.2, 0) is 34.1 Å². The summed E-state index contributed by atoms with van der Waals surface area (Å²) in [6.07, 6.45) is 14.5. The maximum absolute atomic E-state index is 13.6. The summed E-state index contributed by atoms with van der Waals surface area (Å²) in [6.45, 7) is 9.27. The van der Waals surface area contributed by atoms with Gasteiger partial charge in [-0.25, -0.2) is 4.98 Å². The number of fused-ring (bicyclic) bond motifs is 1. The molecular formula is C42H53N5O7. The van der Waals surface area contributed by atoms with Crippen LogP contribution in [0.3, 0.4) is 0 Å². The Morgan fingerprint density at radius 2 is 1.61 bits per heavy atom. The summed E-state index contributed by atoms with van der Waals surface area (Å²) in [7, 11) is 3.40. The number of ether oxygens (including phenoxy) is 4. The number of nitrogens with zero attached hydrogens (tertiary/aromatic N) is 3. The molecular weight excluding hydrogens is 686 g/mol. The minimum Gasteiger partial charge on any atom is -0.501 e. The number of benzene rings is 1. The maximum Gasteiger partial charge on any atom is 0.280 e. The molecule has 3 heterocycles. The largest absolute Gasteiger partial charge is 0.501 e. The molecule has 288 valence electrons.